The monoisotopic (exact) mass is 755 g/mol. The fourth-order valence-electron chi connectivity index (χ4n) is 5.08. The molecule has 0 radical (unpaired) electrons. The van der Waals surface area contributed by atoms with E-state index in [1.54, 1.807) is 6.07 Å². The number of aromatic nitrogens is 2. The molecule has 0 saturated carbocycles. The molecule has 50 heavy (non-hydrogen) atoms. The maximum Gasteiger partial charge on any atom is 0.489 e. The zero-order valence-corrected chi connectivity index (χ0v) is 28.2. The molecule has 266 valence electrons. The minimum atomic E-state index is -5.72. The average Bonchev–Trinajstić information content (AvgIpc) is 3.63. The molecule has 0 aliphatic carbocycles. The molecule has 17 nitrogen and oxygen atoms in total. The van der Waals surface area contributed by atoms with Gasteiger partial charge in [0.05, 0.1) is 6.61 Å². The predicted molar refractivity (Wildman–Crippen MR) is 170 cm³/mol. The van der Waals surface area contributed by atoms with Crippen LogP contribution in [0, 0.1) is 5.82 Å². The number of halogens is 1. The van der Waals surface area contributed by atoms with Gasteiger partial charge in [-0.2, -0.15) is 13.6 Å². The lowest BCUT2D eigenvalue weighted by Crippen LogP contribution is -2.34. The Bertz CT molecular complexity index is 2010. The highest BCUT2D eigenvalue weighted by Crippen LogP contribution is 2.67. The quantitative estimate of drug-likeness (QED) is 0.127. The number of anilines is 1. The molecule has 8 atom stereocenters. The Hall–Kier alpha value is -3.60. The van der Waals surface area contributed by atoms with Crippen LogP contribution in [0.3, 0.4) is 0 Å². The van der Waals surface area contributed by atoms with E-state index in [-0.39, 0.29) is 23.7 Å². The van der Waals surface area contributed by atoms with Crippen molar-refractivity contribution >= 4 is 29.1 Å². The average molecular weight is 755 g/mol. The van der Waals surface area contributed by atoms with Crippen molar-refractivity contribution in [1.82, 2.24) is 9.55 Å². The number of hydrogen-bond donors (Lipinski definition) is 4. The molecule has 0 bridgehead atoms. The van der Waals surface area contributed by atoms with Crippen molar-refractivity contribution in [3.8, 4) is 5.88 Å². The number of fused-ring (bicyclic) bond motifs is 1. The summed E-state index contributed by atoms with van der Waals surface area (Å²) in [6.07, 6.45) is -4.58. The van der Waals surface area contributed by atoms with Gasteiger partial charge in [-0.05, 0) is 29.8 Å². The van der Waals surface area contributed by atoms with Crippen LogP contribution in [0.5, 0.6) is 5.88 Å². The minimum absolute atomic E-state index is 0.0196. The highest BCUT2D eigenvalue weighted by Gasteiger charge is 2.55. The van der Waals surface area contributed by atoms with E-state index in [1.165, 1.54) is 60.8 Å². The molecule has 21 heteroatoms. The van der Waals surface area contributed by atoms with Crippen LogP contribution in [0.1, 0.15) is 23.6 Å². The van der Waals surface area contributed by atoms with E-state index in [9.17, 15) is 37.6 Å². The number of phosphoric ester groups is 1. The van der Waals surface area contributed by atoms with Gasteiger partial charge < -0.3 is 33.6 Å². The zero-order chi connectivity index (χ0) is 35.5. The molecule has 4 aromatic rings. The largest absolute Gasteiger partial charge is 0.489 e. The van der Waals surface area contributed by atoms with E-state index in [0.717, 1.165) is 10.1 Å². The van der Waals surface area contributed by atoms with Crippen LogP contribution in [0.2, 0.25) is 0 Å². The Morgan fingerprint density at radius 2 is 1.54 bits per heavy atom. The van der Waals surface area contributed by atoms with Crippen LogP contribution in [-0.4, -0.2) is 49.2 Å². The second kappa shape index (κ2) is 14.9. The molecule has 3 heterocycles. The molecular weight excluding hydrogens is 726 g/mol. The van der Waals surface area contributed by atoms with Crippen LogP contribution < -0.4 is 15.5 Å². The summed E-state index contributed by atoms with van der Waals surface area (Å²) in [5.74, 6) is -0.558. The second-order valence-electron chi connectivity index (χ2n) is 10.8. The van der Waals surface area contributed by atoms with Crippen molar-refractivity contribution in [3.63, 3.8) is 0 Å². The number of para-hydroxylation sites is 1. The van der Waals surface area contributed by atoms with Crippen LogP contribution in [0.4, 0.5) is 10.1 Å². The Labute approximate surface area is 282 Å². The lowest BCUT2D eigenvalue weighted by molar-refractivity contribution is -0.154. The van der Waals surface area contributed by atoms with Gasteiger partial charge in [-0.1, -0.05) is 60.7 Å². The second-order valence-corrected chi connectivity index (χ2v) is 15.5. The van der Waals surface area contributed by atoms with Gasteiger partial charge in [-0.25, -0.2) is 22.9 Å². The Balaban J connectivity index is 1.15. The molecule has 8 unspecified atom stereocenters. The normalized spacial score (nSPS) is 25.2. The van der Waals surface area contributed by atoms with Crippen molar-refractivity contribution in [2.45, 2.75) is 37.4 Å². The number of ether oxygens (including phenoxy) is 4. The Morgan fingerprint density at radius 1 is 0.840 bits per heavy atom. The number of benzene rings is 3. The maximum absolute atomic E-state index is 14.0. The van der Waals surface area contributed by atoms with Gasteiger partial charge in [0, 0.05) is 23.5 Å². The molecule has 0 amide bonds. The van der Waals surface area contributed by atoms with E-state index in [4.69, 9.17) is 23.5 Å². The third-order valence-electron chi connectivity index (χ3n) is 7.14. The van der Waals surface area contributed by atoms with Crippen LogP contribution in [-0.2, 0) is 47.7 Å². The van der Waals surface area contributed by atoms with Gasteiger partial charge in [-0.3, -0.25) is 14.2 Å². The molecule has 2 aliphatic heterocycles. The van der Waals surface area contributed by atoms with Crippen LogP contribution in [0.15, 0.2) is 102 Å². The summed E-state index contributed by atoms with van der Waals surface area (Å²) in [5, 5.41) is 1.98. The van der Waals surface area contributed by atoms with Crippen molar-refractivity contribution in [3.05, 3.63) is 125 Å². The summed E-state index contributed by atoms with van der Waals surface area (Å²) in [4.78, 5) is 47.3. The molecule has 4 N–H and O–H groups in total. The molecular formula is C29H29FN3O14P3. The fraction of sp³-hybridized carbons (Fsp3) is 0.241. The standard InChI is InChI=1S/C29H29FN3O14P3/c30-21-11-7-10-20(16-21)28-44-25-23(18-42-49(37,38)47-50(39,40)46-48(35,36)32-22-12-5-2-6-13-22)43-27(26(25)45-28)33-15-14-24(31-29(33)34)41-17-19-8-3-1-4-9-19/h1-16,23,25-28H,17-18H2,(H,37,38)(H,39,40)(H2,32,35,36). The highest BCUT2D eigenvalue weighted by atomic mass is 31.3. The van der Waals surface area contributed by atoms with E-state index in [0.29, 0.717) is 0 Å². The Kier molecular flexibility index (Phi) is 10.8. The first-order valence-corrected chi connectivity index (χ1v) is 19.2. The number of phosphoric acid groups is 2. The third-order valence-corrected chi connectivity index (χ3v) is 11.5. The molecule has 2 aliphatic rings. The number of rotatable bonds is 14. The summed E-state index contributed by atoms with van der Waals surface area (Å²) in [7, 11) is -16.3. The molecule has 2 saturated heterocycles. The van der Waals surface area contributed by atoms with Gasteiger partial charge in [0.15, 0.2) is 12.5 Å². The van der Waals surface area contributed by atoms with Crippen LogP contribution in [0.25, 0.3) is 0 Å². The summed E-state index contributed by atoms with van der Waals surface area (Å²) in [5.41, 5.74) is 0.334. The molecule has 0 spiro atoms. The summed E-state index contributed by atoms with van der Waals surface area (Å²) in [6.45, 7) is -0.716. The van der Waals surface area contributed by atoms with E-state index >= 15 is 0 Å². The van der Waals surface area contributed by atoms with E-state index in [2.05, 4.69) is 13.6 Å². The number of nitrogens with one attached hydrogen (secondary N) is 1. The molecule has 1 aromatic heterocycles. The lowest BCUT2D eigenvalue weighted by Gasteiger charge is -2.23. The topological polar surface area (TPSA) is 223 Å². The predicted octanol–water partition coefficient (Wildman–Crippen LogP) is 4.80. The lowest BCUT2D eigenvalue weighted by atomic mass is 10.1. The van der Waals surface area contributed by atoms with Gasteiger partial charge in [0.25, 0.3) is 0 Å². The molecule has 6 rings (SSSR count). The number of hydrogen-bond acceptors (Lipinski definition) is 12. The Morgan fingerprint density at radius 3 is 2.24 bits per heavy atom. The fourth-order valence-corrected chi connectivity index (χ4v) is 8.79. The summed E-state index contributed by atoms with van der Waals surface area (Å²) >= 11 is 0. The SMILES string of the molecule is O=c1nc(OCc2ccccc2)ccn1C1OC(COP(=O)(O)OP(=O)(O)OP(=O)(O)Nc2ccccc2)C2OC(c3cccc(F)c3)OC21. The zero-order valence-electron chi connectivity index (χ0n) is 25.5. The first-order valence-electron chi connectivity index (χ1n) is 14.6. The maximum atomic E-state index is 14.0. The van der Waals surface area contributed by atoms with Gasteiger partial charge in [0.2, 0.25) is 5.88 Å². The summed E-state index contributed by atoms with van der Waals surface area (Å²) < 4.78 is 89.4. The van der Waals surface area contributed by atoms with Gasteiger partial charge in [-0.15, -0.1) is 0 Å². The number of nitrogens with zero attached hydrogens (tertiary/aromatic N) is 2. The highest BCUT2D eigenvalue weighted by molar-refractivity contribution is 7.68. The third kappa shape index (κ3) is 9.19. The van der Waals surface area contributed by atoms with Crippen LogP contribution >= 0.6 is 23.4 Å². The van der Waals surface area contributed by atoms with E-state index < -0.39 is 72.3 Å². The van der Waals surface area contributed by atoms with Crippen molar-refractivity contribution < 1.29 is 64.9 Å². The van der Waals surface area contributed by atoms with Crippen molar-refractivity contribution in [2.24, 2.45) is 0 Å². The minimum Gasteiger partial charge on any atom is -0.473 e. The summed E-state index contributed by atoms with van der Waals surface area (Å²) in [6, 6.07) is 23.2. The first-order chi connectivity index (χ1) is 23.8. The van der Waals surface area contributed by atoms with E-state index in [1.807, 2.05) is 35.4 Å². The van der Waals surface area contributed by atoms with Gasteiger partial charge in [0.1, 0.15) is 30.7 Å². The molecule has 3 aromatic carbocycles. The van der Waals surface area contributed by atoms with Crippen molar-refractivity contribution in [2.75, 3.05) is 11.7 Å². The van der Waals surface area contributed by atoms with Gasteiger partial charge >= 0.3 is 29.1 Å². The van der Waals surface area contributed by atoms with Crippen molar-refractivity contribution in [1.29, 1.82) is 0 Å². The first kappa shape index (κ1) is 36.2. The molecule has 2 fully saturated rings. The smallest absolute Gasteiger partial charge is 0.473 e.